The lowest BCUT2D eigenvalue weighted by molar-refractivity contribution is 1.07. The van der Waals surface area contributed by atoms with Gasteiger partial charge in [0.2, 0.25) is 0 Å². The van der Waals surface area contributed by atoms with E-state index in [1.807, 2.05) is 11.8 Å². The lowest BCUT2D eigenvalue weighted by atomic mass is 10.0. The Kier molecular flexibility index (Phi) is 5.05. The van der Waals surface area contributed by atoms with Crippen LogP contribution < -0.4 is 5.73 Å². The summed E-state index contributed by atoms with van der Waals surface area (Å²) in [5.41, 5.74) is 15.6. The minimum absolute atomic E-state index is 0.540. The molecular formula is C33H24N2S. The second-order valence-corrected chi connectivity index (χ2v) is 10.2. The van der Waals surface area contributed by atoms with Crippen molar-refractivity contribution < 1.29 is 0 Å². The molecule has 2 heterocycles. The molecule has 0 atom stereocenters. The van der Waals surface area contributed by atoms with Gasteiger partial charge in [-0.2, -0.15) is 0 Å². The maximum Gasteiger partial charge on any atom is 0.0686 e. The van der Waals surface area contributed by atoms with E-state index < -0.39 is 0 Å². The van der Waals surface area contributed by atoms with Crippen molar-refractivity contribution in [2.24, 2.45) is 5.73 Å². The lowest BCUT2D eigenvalue weighted by Crippen LogP contribution is -1.97. The largest absolute Gasteiger partial charge is 0.326 e. The zero-order valence-corrected chi connectivity index (χ0v) is 20.5. The average molecular weight is 481 g/mol. The molecule has 5 aromatic carbocycles. The number of aromatic nitrogens is 1. The van der Waals surface area contributed by atoms with E-state index in [2.05, 4.69) is 126 Å². The van der Waals surface area contributed by atoms with Crippen LogP contribution in [0.5, 0.6) is 0 Å². The number of nitrogens with two attached hydrogens (primary N) is 1. The van der Waals surface area contributed by atoms with E-state index in [1.54, 1.807) is 0 Å². The fourth-order valence-corrected chi connectivity index (χ4v) is 6.43. The monoisotopic (exact) mass is 480 g/mol. The predicted molar refractivity (Wildman–Crippen MR) is 154 cm³/mol. The SMILES string of the molecule is NCc1cccc(-c2cccc(-n3c4ccccc4c4ccc5c(c43)Sc3ccccc3C=C5)c2)c1. The number of fused-ring (bicyclic) bond motifs is 6. The van der Waals surface area contributed by atoms with Gasteiger partial charge in [0, 0.05) is 32.8 Å². The maximum atomic E-state index is 5.93. The van der Waals surface area contributed by atoms with Gasteiger partial charge < -0.3 is 10.3 Å². The van der Waals surface area contributed by atoms with E-state index in [-0.39, 0.29) is 0 Å². The molecule has 1 aromatic heterocycles. The molecule has 0 fully saturated rings. The van der Waals surface area contributed by atoms with Gasteiger partial charge in [-0.3, -0.25) is 0 Å². The topological polar surface area (TPSA) is 30.9 Å². The van der Waals surface area contributed by atoms with Crippen molar-refractivity contribution in [2.75, 3.05) is 0 Å². The van der Waals surface area contributed by atoms with Crippen LogP contribution in [0.1, 0.15) is 16.7 Å². The molecule has 0 aliphatic carbocycles. The lowest BCUT2D eigenvalue weighted by Gasteiger charge is -2.14. The third kappa shape index (κ3) is 3.40. The van der Waals surface area contributed by atoms with Crippen LogP contribution >= 0.6 is 11.8 Å². The van der Waals surface area contributed by atoms with E-state index in [0.717, 1.165) is 11.3 Å². The average Bonchev–Trinajstić information content (AvgIpc) is 3.15. The van der Waals surface area contributed by atoms with E-state index in [9.17, 15) is 0 Å². The highest BCUT2D eigenvalue weighted by Crippen LogP contribution is 2.45. The number of para-hydroxylation sites is 1. The van der Waals surface area contributed by atoms with Gasteiger partial charge in [-0.1, -0.05) is 103 Å². The summed E-state index contributed by atoms with van der Waals surface area (Å²) in [4.78, 5) is 2.57. The van der Waals surface area contributed by atoms with Crippen LogP contribution in [-0.2, 0) is 6.54 Å². The molecular weight excluding hydrogens is 456 g/mol. The van der Waals surface area contributed by atoms with E-state index >= 15 is 0 Å². The molecule has 1 aliphatic heterocycles. The minimum atomic E-state index is 0.540. The zero-order chi connectivity index (χ0) is 24.1. The number of nitrogens with zero attached hydrogens (tertiary/aromatic N) is 1. The third-order valence-electron chi connectivity index (χ3n) is 6.99. The minimum Gasteiger partial charge on any atom is -0.326 e. The number of benzene rings is 5. The van der Waals surface area contributed by atoms with Crippen molar-refractivity contribution in [1.29, 1.82) is 0 Å². The van der Waals surface area contributed by atoms with Gasteiger partial charge >= 0.3 is 0 Å². The molecule has 2 N–H and O–H groups in total. The molecule has 0 spiro atoms. The molecule has 172 valence electrons. The van der Waals surface area contributed by atoms with Crippen molar-refractivity contribution >= 4 is 45.7 Å². The van der Waals surface area contributed by atoms with Crippen molar-refractivity contribution in [3.05, 3.63) is 126 Å². The molecule has 0 unspecified atom stereocenters. The Morgan fingerprint density at radius 2 is 1.42 bits per heavy atom. The standard InChI is InChI=1S/C33H24N2S/c34-21-22-7-5-9-25(19-22)26-10-6-11-27(20-26)35-30-13-3-2-12-28(30)29-18-17-24-16-15-23-8-1-4-14-31(23)36-33(24)32(29)35/h1-20H,21,34H2. The first-order valence-electron chi connectivity index (χ1n) is 12.2. The first-order valence-corrected chi connectivity index (χ1v) is 13.0. The van der Waals surface area contributed by atoms with Crippen LogP contribution in [0.15, 0.2) is 119 Å². The Morgan fingerprint density at radius 1 is 0.639 bits per heavy atom. The zero-order valence-electron chi connectivity index (χ0n) is 19.7. The smallest absolute Gasteiger partial charge is 0.0686 e. The quantitative estimate of drug-likeness (QED) is 0.275. The molecule has 6 aromatic rings. The van der Waals surface area contributed by atoms with Crippen molar-refractivity contribution in [2.45, 2.75) is 16.3 Å². The van der Waals surface area contributed by atoms with Gasteiger partial charge in [0.25, 0.3) is 0 Å². The van der Waals surface area contributed by atoms with Crippen molar-refractivity contribution in [1.82, 2.24) is 4.57 Å². The van der Waals surface area contributed by atoms with Gasteiger partial charge in [-0.25, -0.2) is 0 Å². The van der Waals surface area contributed by atoms with Crippen LogP contribution in [0.3, 0.4) is 0 Å². The summed E-state index contributed by atoms with van der Waals surface area (Å²) in [7, 11) is 0. The Balaban J connectivity index is 1.52. The Morgan fingerprint density at radius 3 is 2.33 bits per heavy atom. The van der Waals surface area contributed by atoms with E-state index in [1.165, 1.54) is 53.9 Å². The summed E-state index contributed by atoms with van der Waals surface area (Å²) in [6.07, 6.45) is 4.49. The molecule has 0 saturated carbocycles. The van der Waals surface area contributed by atoms with Gasteiger partial charge in [0.1, 0.15) is 0 Å². The molecule has 0 radical (unpaired) electrons. The summed E-state index contributed by atoms with van der Waals surface area (Å²) in [6, 6.07) is 39.3. The third-order valence-corrected chi connectivity index (χ3v) is 8.22. The van der Waals surface area contributed by atoms with Gasteiger partial charge in [0.15, 0.2) is 0 Å². The molecule has 7 rings (SSSR count). The van der Waals surface area contributed by atoms with Crippen LogP contribution in [-0.4, -0.2) is 4.57 Å². The number of rotatable bonds is 3. The first kappa shape index (κ1) is 21.3. The first-order chi connectivity index (χ1) is 17.8. The second kappa shape index (κ2) is 8.56. The summed E-state index contributed by atoms with van der Waals surface area (Å²) >= 11 is 1.87. The second-order valence-electron chi connectivity index (χ2n) is 9.16. The molecule has 0 bridgehead atoms. The van der Waals surface area contributed by atoms with Crippen molar-refractivity contribution in [3.8, 4) is 16.8 Å². The maximum absolute atomic E-state index is 5.93. The fraction of sp³-hybridized carbons (Fsp3) is 0.0303. The summed E-state index contributed by atoms with van der Waals surface area (Å²) < 4.78 is 2.44. The summed E-state index contributed by atoms with van der Waals surface area (Å²) in [5, 5.41) is 2.55. The fourth-order valence-electron chi connectivity index (χ4n) is 5.25. The molecule has 3 heteroatoms. The van der Waals surface area contributed by atoms with Crippen LogP contribution in [0.25, 0.3) is 50.8 Å². The van der Waals surface area contributed by atoms with Crippen LogP contribution in [0, 0.1) is 0 Å². The van der Waals surface area contributed by atoms with Gasteiger partial charge in [-0.15, -0.1) is 0 Å². The highest BCUT2D eigenvalue weighted by molar-refractivity contribution is 7.99. The van der Waals surface area contributed by atoms with E-state index in [0.29, 0.717) is 6.54 Å². The number of hydrogen-bond acceptors (Lipinski definition) is 2. The van der Waals surface area contributed by atoms with Crippen LogP contribution in [0.2, 0.25) is 0 Å². The van der Waals surface area contributed by atoms with Crippen molar-refractivity contribution in [3.63, 3.8) is 0 Å². The molecule has 0 saturated heterocycles. The summed E-state index contributed by atoms with van der Waals surface area (Å²) in [5.74, 6) is 0. The van der Waals surface area contributed by atoms with E-state index in [4.69, 9.17) is 5.73 Å². The Hall–Kier alpha value is -4.05. The summed E-state index contributed by atoms with van der Waals surface area (Å²) in [6.45, 7) is 0.540. The highest BCUT2D eigenvalue weighted by Gasteiger charge is 2.20. The predicted octanol–water partition coefficient (Wildman–Crippen LogP) is 8.54. The molecule has 36 heavy (non-hydrogen) atoms. The Labute approximate surface area is 214 Å². The van der Waals surface area contributed by atoms with Crippen LogP contribution in [0.4, 0.5) is 0 Å². The molecule has 2 nitrogen and oxygen atoms in total. The highest BCUT2D eigenvalue weighted by atomic mass is 32.2. The Bertz CT molecular complexity index is 1810. The van der Waals surface area contributed by atoms with Gasteiger partial charge in [0.05, 0.1) is 11.0 Å². The van der Waals surface area contributed by atoms with Gasteiger partial charge in [-0.05, 0) is 58.1 Å². The normalized spacial score (nSPS) is 12.5. The molecule has 1 aliphatic rings. The molecule has 0 amide bonds. The number of hydrogen-bond donors (Lipinski definition) is 1.